The van der Waals surface area contributed by atoms with Crippen molar-refractivity contribution in [2.24, 2.45) is 5.92 Å². The molecular formula is C33H26Cl2N2O6S. The average molecular weight is 650 g/mol. The molecule has 1 heterocycles. The highest BCUT2D eigenvalue weighted by molar-refractivity contribution is 8.00. The summed E-state index contributed by atoms with van der Waals surface area (Å²) in [5.74, 6) is -1.31. The number of methoxy groups -OCH3 is 1. The van der Waals surface area contributed by atoms with Crippen molar-refractivity contribution in [3.8, 4) is 5.75 Å². The number of anilines is 1. The van der Waals surface area contributed by atoms with Gasteiger partial charge in [0.2, 0.25) is 0 Å². The Morgan fingerprint density at radius 3 is 2.45 bits per heavy atom. The fourth-order valence-electron chi connectivity index (χ4n) is 6.11. The smallest absolute Gasteiger partial charge is 0.343 e. The minimum absolute atomic E-state index is 0.0118. The van der Waals surface area contributed by atoms with Crippen LogP contribution in [0.1, 0.15) is 50.2 Å². The monoisotopic (exact) mass is 648 g/mol. The number of nitro benzene ring substituents is 1. The summed E-state index contributed by atoms with van der Waals surface area (Å²) in [6, 6.07) is 25.9. The second-order valence-corrected chi connectivity index (χ2v) is 12.8. The SMILES string of the molecule is COC(=O)c1ccccc1OC(=O)c1ccc2c(c1)[C@@H]1[C@@H](Cl)[C@@H](Sc3ccccc3[N+](=O)[O-])C[C@@H]1[C@H](c1ccc(Cl)cc1)N2. The zero-order chi connectivity index (χ0) is 31.0. The minimum Gasteiger partial charge on any atom is -0.465 e. The van der Waals surface area contributed by atoms with Crippen LogP contribution >= 0.6 is 35.0 Å². The van der Waals surface area contributed by atoms with Gasteiger partial charge >= 0.3 is 11.9 Å². The lowest BCUT2D eigenvalue weighted by Gasteiger charge is -2.38. The number of ether oxygens (including phenoxy) is 2. The lowest BCUT2D eigenvalue weighted by molar-refractivity contribution is -0.387. The molecule has 4 aromatic rings. The zero-order valence-corrected chi connectivity index (χ0v) is 25.6. The van der Waals surface area contributed by atoms with Crippen molar-refractivity contribution in [3.63, 3.8) is 0 Å². The van der Waals surface area contributed by atoms with Crippen LogP contribution in [0.2, 0.25) is 5.02 Å². The quantitative estimate of drug-likeness (QED) is 0.0701. The van der Waals surface area contributed by atoms with E-state index in [2.05, 4.69) is 5.32 Å². The minimum atomic E-state index is -0.629. The number of thioether (sulfide) groups is 1. The number of benzene rings is 4. The van der Waals surface area contributed by atoms with Crippen molar-refractivity contribution in [2.75, 3.05) is 12.4 Å². The summed E-state index contributed by atoms with van der Waals surface area (Å²) >= 11 is 14.9. The molecule has 0 bridgehead atoms. The van der Waals surface area contributed by atoms with Crippen molar-refractivity contribution in [1.29, 1.82) is 0 Å². The molecule has 44 heavy (non-hydrogen) atoms. The van der Waals surface area contributed by atoms with E-state index in [9.17, 15) is 19.7 Å². The molecule has 1 N–H and O–H groups in total. The number of alkyl halides is 1. The molecule has 0 saturated heterocycles. The Kier molecular flexibility index (Phi) is 8.53. The van der Waals surface area contributed by atoms with Gasteiger partial charge in [-0.05, 0) is 72.0 Å². The van der Waals surface area contributed by atoms with Crippen LogP contribution < -0.4 is 10.1 Å². The number of fused-ring (bicyclic) bond motifs is 3. The van der Waals surface area contributed by atoms with E-state index in [0.717, 1.165) is 16.8 Å². The molecule has 0 radical (unpaired) electrons. The van der Waals surface area contributed by atoms with E-state index in [1.807, 2.05) is 30.3 Å². The van der Waals surface area contributed by atoms with Gasteiger partial charge in [-0.3, -0.25) is 10.1 Å². The molecule has 5 atom stereocenters. The number of halogens is 2. The lowest BCUT2D eigenvalue weighted by Crippen LogP contribution is -2.31. The lowest BCUT2D eigenvalue weighted by atomic mass is 9.77. The largest absolute Gasteiger partial charge is 0.465 e. The summed E-state index contributed by atoms with van der Waals surface area (Å²) in [5.41, 5.74) is 3.22. The van der Waals surface area contributed by atoms with Crippen molar-refractivity contribution in [3.05, 3.63) is 128 Å². The average Bonchev–Trinajstić information content (AvgIpc) is 3.36. The van der Waals surface area contributed by atoms with E-state index in [0.29, 0.717) is 21.9 Å². The first-order valence-electron chi connectivity index (χ1n) is 13.8. The summed E-state index contributed by atoms with van der Waals surface area (Å²) in [6.07, 6.45) is 0.677. The van der Waals surface area contributed by atoms with Crippen molar-refractivity contribution >= 4 is 58.3 Å². The Bertz CT molecular complexity index is 1750. The number of esters is 2. The molecule has 4 aromatic carbocycles. The van der Waals surface area contributed by atoms with Gasteiger partial charge in [-0.25, -0.2) is 9.59 Å². The third-order valence-corrected chi connectivity index (χ3v) is 10.5. The first-order valence-corrected chi connectivity index (χ1v) is 15.5. The predicted octanol–water partition coefficient (Wildman–Crippen LogP) is 8.29. The number of para-hydroxylation sites is 2. The molecule has 2 aliphatic rings. The van der Waals surface area contributed by atoms with Gasteiger partial charge in [0.25, 0.3) is 5.69 Å². The van der Waals surface area contributed by atoms with E-state index in [4.69, 9.17) is 32.7 Å². The maximum atomic E-state index is 13.4. The topological polar surface area (TPSA) is 108 Å². The normalized spacial score (nSPS) is 21.8. The summed E-state index contributed by atoms with van der Waals surface area (Å²) < 4.78 is 10.5. The van der Waals surface area contributed by atoms with Crippen LogP contribution in [0.4, 0.5) is 11.4 Å². The molecule has 0 spiro atoms. The number of rotatable bonds is 7. The van der Waals surface area contributed by atoms with Crippen LogP contribution in [-0.2, 0) is 4.74 Å². The van der Waals surface area contributed by atoms with Crippen molar-refractivity contribution in [1.82, 2.24) is 0 Å². The Morgan fingerprint density at radius 1 is 0.977 bits per heavy atom. The van der Waals surface area contributed by atoms with Crippen LogP contribution in [0.15, 0.2) is 95.9 Å². The van der Waals surface area contributed by atoms with Crippen molar-refractivity contribution < 1.29 is 24.0 Å². The Morgan fingerprint density at radius 2 is 1.70 bits per heavy atom. The van der Waals surface area contributed by atoms with E-state index < -0.39 is 17.3 Å². The van der Waals surface area contributed by atoms with E-state index in [1.54, 1.807) is 42.5 Å². The van der Waals surface area contributed by atoms with Crippen LogP contribution in [-0.4, -0.2) is 34.6 Å². The van der Waals surface area contributed by atoms with Crippen LogP contribution in [0, 0.1) is 16.0 Å². The third-order valence-electron chi connectivity index (χ3n) is 8.11. The standard InChI is InChI=1S/C33H26Cl2N2O6S/c1-42-33(39)21-6-2-4-8-26(21)43-32(38)19-12-15-24-22(16-19)29-23(31(36-24)18-10-13-20(34)14-11-18)17-28(30(29)35)44-27-9-5-3-7-25(27)37(40)41/h2-16,23,28-31,36H,17H2,1H3/t23-,28-,29-,30-,31-/m0/s1. The fraction of sp³-hybridized carbons (Fsp3) is 0.212. The number of carbonyl (C=O) groups excluding carboxylic acids is 2. The molecule has 1 aliphatic carbocycles. The number of carbonyl (C=O) groups is 2. The van der Waals surface area contributed by atoms with Gasteiger partial charge in [0.15, 0.2) is 0 Å². The second kappa shape index (κ2) is 12.5. The predicted molar refractivity (Wildman–Crippen MR) is 170 cm³/mol. The molecule has 0 amide bonds. The van der Waals surface area contributed by atoms with Gasteiger partial charge in [0.1, 0.15) is 11.3 Å². The van der Waals surface area contributed by atoms with E-state index >= 15 is 0 Å². The van der Waals surface area contributed by atoms with Gasteiger partial charge in [0, 0.05) is 27.9 Å². The maximum absolute atomic E-state index is 13.4. The van der Waals surface area contributed by atoms with Crippen LogP contribution in [0.3, 0.4) is 0 Å². The number of nitrogens with one attached hydrogen (secondary N) is 1. The molecule has 1 saturated carbocycles. The highest BCUT2D eigenvalue weighted by Crippen LogP contribution is 2.58. The van der Waals surface area contributed by atoms with Gasteiger partial charge < -0.3 is 14.8 Å². The van der Waals surface area contributed by atoms with E-state index in [1.165, 1.54) is 37.1 Å². The van der Waals surface area contributed by atoms with Gasteiger partial charge in [-0.1, -0.05) is 48.0 Å². The number of hydrogen-bond donors (Lipinski definition) is 1. The molecular weight excluding hydrogens is 623 g/mol. The third kappa shape index (κ3) is 5.75. The Balaban J connectivity index is 1.35. The summed E-state index contributed by atoms with van der Waals surface area (Å²) in [7, 11) is 1.26. The molecule has 11 heteroatoms. The van der Waals surface area contributed by atoms with Gasteiger partial charge in [0.05, 0.1) is 33.9 Å². The van der Waals surface area contributed by atoms with Crippen LogP contribution in [0.25, 0.3) is 0 Å². The molecule has 0 aromatic heterocycles. The number of hydrogen-bond acceptors (Lipinski definition) is 8. The van der Waals surface area contributed by atoms with E-state index in [-0.39, 0.29) is 45.1 Å². The molecule has 8 nitrogen and oxygen atoms in total. The van der Waals surface area contributed by atoms with Gasteiger partial charge in [-0.15, -0.1) is 23.4 Å². The number of nitrogens with zero attached hydrogens (tertiary/aromatic N) is 1. The highest BCUT2D eigenvalue weighted by Gasteiger charge is 2.50. The van der Waals surface area contributed by atoms with Crippen LogP contribution in [0.5, 0.6) is 5.75 Å². The fourth-order valence-corrected chi connectivity index (χ4v) is 8.18. The molecule has 0 unspecified atom stereocenters. The van der Waals surface area contributed by atoms with Crippen molar-refractivity contribution in [2.45, 2.75) is 33.9 Å². The zero-order valence-electron chi connectivity index (χ0n) is 23.3. The summed E-state index contributed by atoms with van der Waals surface area (Å²) in [4.78, 5) is 37.5. The van der Waals surface area contributed by atoms with Gasteiger partial charge in [-0.2, -0.15) is 0 Å². The summed E-state index contributed by atoms with van der Waals surface area (Å²) in [6.45, 7) is 0. The first-order chi connectivity index (χ1) is 21.2. The second-order valence-electron chi connectivity index (χ2n) is 10.6. The Hall–Kier alpha value is -4.05. The molecule has 1 aliphatic heterocycles. The summed E-state index contributed by atoms with van der Waals surface area (Å²) in [5, 5.41) is 15.5. The maximum Gasteiger partial charge on any atom is 0.343 e. The number of nitro groups is 1. The highest BCUT2D eigenvalue weighted by atomic mass is 35.5. The molecule has 1 fully saturated rings. The first kappa shape index (κ1) is 30.0. The Labute approximate surface area is 267 Å². The molecule has 224 valence electrons. The molecule has 6 rings (SSSR count).